The zero-order valence-electron chi connectivity index (χ0n) is 10.5. The number of ether oxygens (including phenoxy) is 2. The van der Waals surface area contributed by atoms with E-state index in [1.807, 2.05) is 0 Å². The maximum atomic E-state index is 13.3. The van der Waals surface area contributed by atoms with Crippen LogP contribution >= 0.6 is 0 Å². The summed E-state index contributed by atoms with van der Waals surface area (Å²) in [7, 11) is -2.68. The molecule has 0 aliphatic carbocycles. The Kier molecular flexibility index (Phi) is 4.98. The molecule has 106 valence electrons. The van der Waals surface area contributed by atoms with Crippen molar-refractivity contribution in [3.05, 3.63) is 29.1 Å². The maximum Gasteiger partial charge on any atom is 0.338 e. The number of halogens is 1. The van der Waals surface area contributed by atoms with Crippen LogP contribution in [0, 0.1) is 12.7 Å². The van der Waals surface area contributed by atoms with Crippen molar-refractivity contribution < 1.29 is 27.1 Å². The lowest BCUT2D eigenvalue weighted by molar-refractivity contribution is 0.0386. The molecule has 1 rings (SSSR count). The first-order valence-electron chi connectivity index (χ1n) is 5.26. The molecular formula is C11H14FNO5S. The number of rotatable bonds is 5. The van der Waals surface area contributed by atoms with Gasteiger partial charge in [0.2, 0.25) is 10.0 Å². The average molecular weight is 291 g/mol. The van der Waals surface area contributed by atoms with Crippen molar-refractivity contribution in [3.63, 3.8) is 0 Å². The number of benzene rings is 1. The van der Waals surface area contributed by atoms with Gasteiger partial charge in [0.05, 0.1) is 17.1 Å². The highest BCUT2D eigenvalue weighted by molar-refractivity contribution is 7.89. The first-order valence-corrected chi connectivity index (χ1v) is 6.81. The fraction of sp³-hybridized carbons (Fsp3) is 0.364. The minimum atomic E-state index is -4.11. The van der Waals surface area contributed by atoms with E-state index < -0.39 is 26.7 Å². The van der Waals surface area contributed by atoms with Crippen molar-refractivity contribution in [1.82, 2.24) is 0 Å². The molecule has 8 heteroatoms. The quantitative estimate of drug-likeness (QED) is 0.632. The predicted octanol–water partition coefficient (Wildman–Crippen LogP) is 0.585. The van der Waals surface area contributed by atoms with Gasteiger partial charge in [0, 0.05) is 7.11 Å². The van der Waals surface area contributed by atoms with Gasteiger partial charge in [-0.05, 0) is 24.6 Å². The minimum absolute atomic E-state index is 0.0179. The molecule has 0 fully saturated rings. The first-order chi connectivity index (χ1) is 8.77. The Labute approximate surface area is 110 Å². The second-order valence-corrected chi connectivity index (χ2v) is 5.28. The van der Waals surface area contributed by atoms with E-state index in [1.54, 1.807) is 0 Å². The summed E-state index contributed by atoms with van der Waals surface area (Å²) >= 11 is 0. The summed E-state index contributed by atoms with van der Waals surface area (Å²) in [5.41, 5.74) is -0.133. The average Bonchev–Trinajstić information content (AvgIpc) is 2.30. The Balaban J connectivity index is 3.15. The molecule has 0 spiro atoms. The van der Waals surface area contributed by atoms with Gasteiger partial charge in [-0.25, -0.2) is 22.7 Å². The van der Waals surface area contributed by atoms with Crippen molar-refractivity contribution in [3.8, 4) is 0 Å². The van der Waals surface area contributed by atoms with E-state index in [0.29, 0.717) is 0 Å². The summed E-state index contributed by atoms with van der Waals surface area (Å²) in [4.78, 5) is 11.3. The van der Waals surface area contributed by atoms with Crippen LogP contribution in [-0.2, 0) is 19.5 Å². The third-order valence-corrected chi connectivity index (χ3v) is 3.41. The van der Waals surface area contributed by atoms with Crippen molar-refractivity contribution in [1.29, 1.82) is 0 Å². The molecule has 0 saturated heterocycles. The van der Waals surface area contributed by atoms with Crippen molar-refractivity contribution in [2.45, 2.75) is 11.8 Å². The molecule has 2 N–H and O–H groups in total. The van der Waals surface area contributed by atoms with Crippen LogP contribution in [0.1, 0.15) is 15.9 Å². The van der Waals surface area contributed by atoms with Crippen molar-refractivity contribution >= 4 is 16.0 Å². The summed E-state index contributed by atoms with van der Waals surface area (Å²) in [6, 6.07) is 1.66. The van der Waals surface area contributed by atoms with Gasteiger partial charge in [-0.1, -0.05) is 0 Å². The third kappa shape index (κ3) is 3.98. The summed E-state index contributed by atoms with van der Waals surface area (Å²) < 4.78 is 45.4. The van der Waals surface area contributed by atoms with E-state index in [9.17, 15) is 17.6 Å². The molecule has 0 radical (unpaired) electrons. The summed E-state index contributed by atoms with van der Waals surface area (Å²) in [5, 5.41) is 4.95. The maximum absolute atomic E-state index is 13.3. The van der Waals surface area contributed by atoms with Crippen molar-refractivity contribution in [2.24, 2.45) is 5.14 Å². The Hall–Kier alpha value is -1.51. The zero-order chi connectivity index (χ0) is 14.6. The van der Waals surface area contributed by atoms with Crippen LogP contribution in [0.3, 0.4) is 0 Å². The van der Waals surface area contributed by atoms with E-state index in [1.165, 1.54) is 14.0 Å². The molecule has 0 aromatic heterocycles. The molecule has 0 aliphatic heterocycles. The predicted molar refractivity (Wildman–Crippen MR) is 64.7 cm³/mol. The van der Waals surface area contributed by atoms with Gasteiger partial charge in [-0.3, -0.25) is 0 Å². The highest BCUT2D eigenvalue weighted by Gasteiger charge is 2.20. The number of esters is 1. The van der Waals surface area contributed by atoms with Gasteiger partial charge in [-0.2, -0.15) is 0 Å². The molecule has 0 bridgehead atoms. The number of methoxy groups -OCH3 is 1. The number of hydrogen-bond donors (Lipinski definition) is 1. The lowest BCUT2D eigenvalue weighted by Gasteiger charge is -2.10. The summed E-state index contributed by atoms with van der Waals surface area (Å²) in [5.74, 6) is -1.72. The van der Waals surface area contributed by atoms with E-state index in [-0.39, 0.29) is 24.3 Å². The van der Waals surface area contributed by atoms with Crippen LogP contribution in [0.2, 0.25) is 0 Å². The molecule has 0 heterocycles. The lowest BCUT2D eigenvalue weighted by Crippen LogP contribution is -2.18. The largest absolute Gasteiger partial charge is 0.460 e. The van der Waals surface area contributed by atoms with Crippen molar-refractivity contribution in [2.75, 3.05) is 20.3 Å². The van der Waals surface area contributed by atoms with E-state index in [0.717, 1.165) is 12.1 Å². The number of carbonyl (C=O) groups is 1. The molecular weight excluding hydrogens is 277 g/mol. The molecule has 19 heavy (non-hydrogen) atoms. The number of nitrogens with two attached hydrogens (primary N) is 1. The summed E-state index contributed by atoms with van der Waals surface area (Å²) in [6.45, 7) is 1.52. The molecule has 0 unspecified atom stereocenters. The molecule has 0 amide bonds. The lowest BCUT2D eigenvalue weighted by atomic mass is 10.1. The fourth-order valence-corrected chi connectivity index (χ4v) is 2.27. The normalized spacial score (nSPS) is 11.4. The van der Waals surface area contributed by atoms with Crippen LogP contribution in [0.25, 0.3) is 0 Å². The highest BCUT2D eigenvalue weighted by Crippen LogP contribution is 2.20. The Morgan fingerprint density at radius 3 is 2.53 bits per heavy atom. The molecule has 0 atom stereocenters. The topological polar surface area (TPSA) is 95.7 Å². The van der Waals surface area contributed by atoms with E-state index in [4.69, 9.17) is 14.6 Å². The Bertz CT molecular complexity index is 585. The summed E-state index contributed by atoms with van der Waals surface area (Å²) in [6.07, 6.45) is 0. The minimum Gasteiger partial charge on any atom is -0.460 e. The smallest absolute Gasteiger partial charge is 0.338 e. The van der Waals surface area contributed by atoms with Gasteiger partial charge in [0.15, 0.2) is 0 Å². The monoisotopic (exact) mass is 291 g/mol. The highest BCUT2D eigenvalue weighted by atomic mass is 32.2. The standard InChI is InChI=1S/C11H14FNO5S/c1-7-9(11(14)18-4-3-17-2)5-8(12)6-10(7)19(13,15)16/h5-6H,3-4H2,1-2H3,(H2,13,15,16). The van der Waals surface area contributed by atoms with Crippen LogP contribution in [0.5, 0.6) is 0 Å². The van der Waals surface area contributed by atoms with Crippen LogP contribution in [-0.4, -0.2) is 34.7 Å². The molecule has 1 aromatic rings. The Morgan fingerprint density at radius 2 is 2.00 bits per heavy atom. The zero-order valence-corrected chi connectivity index (χ0v) is 11.3. The number of sulfonamides is 1. The molecule has 6 nitrogen and oxygen atoms in total. The SMILES string of the molecule is COCCOC(=O)c1cc(F)cc(S(N)(=O)=O)c1C. The van der Waals surface area contributed by atoms with Gasteiger partial charge in [0.25, 0.3) is 0 Å². The van der Waals surface area contributed by atoms with Gasteiger partial charge in [-0.15, -0.1) is 0 Å². The second kappa shape index (κ2) is 6.09. The van der Waals surface area contributed by atoms with E-state index in [2.05, 4.69) is 0 Å². The second-order valence-electron chi connectivity index (χ2n) is 3.75. The van der Waals surface area contributed by atoms with Gasteiger partial charge >= 0.3 is 5.97 Å². The van der Waals surface area contributed by atoms with Gasteiger partial charge in [0.1, 0.15) is 12.4 Å². The number of carbonyl (C=O) groups excluding carboxylic acids is 1. The van der Waals surface area contributed by atoms with Gasteiger partial charge < -0.3 is 9.47 Å². The van der Waals surface area contributed by atoms with Crippen LogP contribution in [0.15, 0.2) is 17.0 Å². The van der Waals surface area contributed by atoms with E-state index >= 15 is 0 Å². The van der Waals surface area contributed by atoms with Crippen LogP contribution < -0.4 is 5.14 Å². The number of hydrogen-bond acceptors (Lipinski definition) is 5. The number of primary sulfonamides is 1. The molecule has 1 aromatic carbocycles. The molecule has 0 saturated carbocycles. The third-order valence-electron chi connectivity index (χ3n) is 2.37. The molecule has 0 aliphatic rings. The first kappa shape index (κ1) is 15.5. The van der Waals surface area contributed by atoms with Crippen LogP contribution in [0.4, 0.5) is 4.39 Å². The fourth-order valence-electron chi connectivity index (χ4n) is 1.46. The Morgan fingerprint density at radius 1 is 1.37 bits per heavy atom.